The molecule has 0 aromatic heterocycles. The molecule has 0 spiro atoms. The number of phenols is 1. The molecule has 2 rings (SSSR count). The maximum Gasteiger partial charge on any atom is 0.257 e. The molecule has 6 heteroatoms. The maximum atomic E-state index is 12.3. The molecule has 0 saturated heterocycles. The number of carbonyl (C=O) groups is 2. The Bertz CT molecular complexity index is 746. The zero-order valence-electron chi connectivity index (χ0n) is 12.8. The lowest BCUT2D eigenvalue weighted by molar-refractivity contribution is -0.116. The van der Waals surface area contributed by atoms with Gasteiger partial charge in [-0.2, -0.15) is 0 Å². The Morgan fingerprint density at radius 3 is 2.61 bits per heavy atom. The first-order chi connectivity index (χ1) is 10.9. The van der Waals surface area contributed by atoms with Gasteiger partial charge in [-0.25, -0.2) is 0 Å². The van der Waals surface area contributed by atoms with Gasteiger partial charge >= 0.3 is 0 Å². The number of likely N-dealkylation sites (N-methyl/N-ethyl adjacent to an activating group) is 1. The molecule has 2 aromatic carbocycles. The van der Waals surface area contributed by atoms with E-state index >= 15 is 0 Å². The van der Waals surface area contributed by atoms with E-state index in [9.17, 15) is 14.7 Å². The number of amides is 2. The normalized spacial score (nSPS) is 10.2. The van der Waals surface area contributed by atoms with Gasteiger partial charge in [0.15, 0.2) is 0 Å². The van der Waals surface area contributed by atoms with Gasteiger partial charge in [-0.15, -0.1) is 0 Å². The molecular weight excluding hydrogens is 316 g/mol. The summed E-state index contributed by atoms with van der Waals surface area (Å²) in [6.45, 7) is 1.66. The Kier molecular flexibility index (Phi) is 5.24. The number of benzene rings is 2. The van der Waals surface area contributed by atoms with Gasteiger partial charge in [-0.3, -0.25) is 9.59 Å². The minimum atomic E-state index is -0.430. The zero-order chi connectivity index (χ0) is 17.0. The zero-order valence-corrected chi connectivity index (χ0v) is 13.6. The van der Waals surface area contributed by atoms with Gasteiger partial charge in [0, 0.05) is 7.05 Å². The molecule has 120 valence electrons. The average molecular weight is 333 g/mol. The Hall–Kier alpha value is -2.53. The van der Waals surface area contributed by atoms with Gasteiger partial charge in [-0.1, -0.05) is 35.4 Å². The Morgan fingerprint density at radius 1 is 1.22 bits per heavy atom. The molecule has 0 heterocycles. The average Bonchev–Trinajstić information content (AvgIpc) is 2.51. The minimum absolute atomic E-state index is 0.112. The fourth-order valence-corrected chi connectivity index (χ4v) is 2.25. The quantitative estimate of drug-likeness (QED) is 0.904. The summed E-state index contributed by atoms with van der Waals surface area (Å²) in [5.41, 5.74) is 1.50. The van der Waals surface area contributed by atoms with Crippen LogP contribution in [-0.4, -0.2) is 35.4 Å². The molecule has 0 aliphatic rings. The van der Waals surface area contributed by atoms with Crippen LogP contribution in [0, 0.1) is 6.92 Å². The molecule has 2 amide bonds. The number of nitrogens with one attached hydrogen (secondary N) is 1. The summed E-state index contributed by atoms with van der Waals surface area (Å²) in [7, 11) is 1.50. The maximum absolute atomic E-state index is 12.3. The third-order valence-electron chi connectivity index (χ3n) is 3.26. The Labute approximate surface area is 139 Å². The third kappa shape index (κ3) is 4.23. The highest BCUT2D eigenvalue weighted by Crippen LogP contribution is 2.21. The van der Waals surface area contributed by atoms with Crippen LogP contribution in [0.25, 0.3) is 0 Å². The first kappa shape index (κ1) is 16.8. The van der Waals surface area contributed by atoms with Crippen LogP contribution in [0.3, 0.4) is 0 Å². The van der Waals surface area contributed by atoms with Crippen LogP contribution >= 0.6 is 11.6 Å². The van der Waals surface area contributed by atoms with Crippen molar-refractivity contribution in [2.75, 3.05) is 18.9 Å². The molecule has 0 radical (unpaired) electrons. The summed E-state index contributed by atoms with van der Waals surface area (Å²) in [5, 5.41) is 12.9. The summed E-state index contributed by atoms with van der Waals surface area (Å²) in [5.74, 6) is -0.916. The lowest BCUT2D eigenvalue weighted by atomic mass is 10.1. The van der Waals surface area contributed by atoms with Crippen molar-refractivity contribution in [3.05, 3.63) is 58.6 Å². The molecule has 0 unspecified atom stereocenters. The summed E-state index contributed by atoms with van der Waals surface area (Å²) in [4.78, 5) is 25.6. The lowest BCUT2D eigenvalue weighted by Gasteiger charge is -2.18. The van der Waals surface area contributed by atoms with Crippen molar-refractivity contribution < 1.29 is 14.7 Å². The van der Waals surface area contributed by atoms with Crippen LogP contribution in [0.15, 0.2) is 42.5 Å². The number of halogens is 1. The van der Waals surface area contributed by atoms with Crippen LogP contribution in [0.5, 0.6) is 5.75 Å². The van der Waals surface area contributed by atoms with E-state index in [0.29, 0.717) is 10.7 Å². The highest BCUT2D eigenvalue weighted by atomic mass is 35.5. The molecule has 2 N–H and O–H groups in total. The highest BCUT2D eigenvalue weighted by molar-refractivity contribution is 6.33. The molecule has 23 heavy (non-hydrogen) atoms. The topological polar surface area (TPSA) is 69.6 Å². The van der Waals surface area contributed by atoms with E-state index in [0.717, 1.165) is 5.56 Å². The first-order valence-electron chi connectivity index (χ1n) is 6.98. The van der Waals surface area contributed by atoms with Gasteiger partial charge in [0.25, 0.3) is 5.91 Å². The van der Waals surface area contributed by atoms with Crippen LogP contribution in [0.1, 0.15) is 15.9 Å². The SMILES string of the molecule is Cc1ccc(O)c(C(=O)N(C)CC(=O)Nc2ccccc2Cl)c1. The van der Waals surface area contributed by atoms with Crippen molar-refractivity contribution >= 4 is 29.1 Å². The summed E-state index contributed by atoms with van der Waals surface area (Å²) >= 11 is 5.97. The van der Waals surface area contributed by atoms with Crippen LogP contribution < -0.4 is 5.32 Å². The number of hydrogen-bond acceptors (Lipinski definition) is 3. The minimum Gasteiger partial charge on any atom is -0.507 e. The van der Waals surface area contributed by atoms with Crippen LogP contribution in [0.4, 0.5) is 5.69 Å². The number of para-hydroxylation sites is 1. The molecule has 0 aliphatic carbocycles. The van der Waals surface area contributed by atoms with Crippen molar-refractivity contribution in [1.82, 2.24) is 4.90 Å². The summed E-state index contributed by atoms with van der Waals surface area (Å²) < 4.78 is 0. The van der Waals surface area contributed by atoms with Crippen molar-refractivity contribution in [2.24, 2.45) is 0 Å². The monoisotopic (exact) mass is 332 g/mol. The van der Waals surface area contributed by atoms with Crippen molar-refractivity contribution in [3.8, 4) is 5.75 Å². The molecule has 0 saturated carbocycles. The number of aromatic hydroxyl groups is 1. The van der Waals surface area contributed by atoms with E-state index in [-0.39, 0.29) is 23.8 Å². The second-order valence-electron chi connectivity index (χ2n) is 5.21. The largest absolute Gasteiger partial charge is 0.507 e. The van der Waals surface area contributed by atoms with E-state index in [1.54, 1.807) is 36.4 Å². The number of rotatable bonds is 4. The first-order valence-corrected chi connectivity index (χ1v) is 7.35. The number of hydrogen-bond donors (Lipinski definition) is 2. The second kappa shape index (κ2) is 7.15. The Morgan fingerprint density at radius 2 is 1.91 bits per heavy atom. The van der Waals surface area contributed by atoms with E-state index < -0.39 is 5.91 Å². The predicted octanol–water partition coefficient (Wildman–Crippen LogP) is 3.06. The fourth-order valence-electron chi connectivity index (χ4n) is 2.07. The van der Waals surface area contributed by atoms with Gasteiger partial charge < -0.3 is 15.3 Å². The third-order valence-corrected chi connectivity index (χ3v) is 3.59. The summed E-state index contributed by atoms with van der Waals surface area (Å²) in [6.07, 6.45) is 0. The molecule has 2 aromatic rings. The smallest absolute Gasteiger partial charge is 0.257 e. The van der Waals surface area contributed by atoms with Crippen molar-refractivity contribution in [1.29, 1.82) is 0 Å². The molecule has 0 fully saturated rings. The van der Waals surface area contributed by atoms with E-state index in [1.807, 2.05) is 6.92 Å². The molecular formula is C17H17ClN2O3. The predicted molar refractivity (Wildman–Crippen MR) is 89.9 cm³/mol. The fraction of sp³-hybridized carbons (Fsp3) is 0.176. The number of carbonyl (C=O) groups excluding carboxylic acids is 2. The number of nitrogens with zero attached hydrogens (tertiary/aromatic N) is 1. The van der Waals surface area contributed by atoms with Gasteiger partial charge in [0.2, 0.25) is 5.91 Å². The highest BCUT2D eigenvalue weighted by Gasteiger charge is 2.18. The summed E-state index contributed by atoms with van der Waals surface area (Å²) in [6, 6.07) is 11.6. The number of phenolic OH excluding ortho intramolecular Hbond substituents is 1. The van der Waals surface area contributed by atoms with Crippen LogP contribution in [0.2, 0.25) is 5.02 Å². The lowest BCUT2D eigenvalue weighted by Crippen LogP contribution is -2.35. The van der Waals surface area contributed by atoms with Gasteiger partial charge in [-0.05, 0) is 31.2 Å². The van der Waals surface area contributed by atoms with Crippen molar-refractivity contribution in [2.45, 2.75) is 6.92 Å². The van der Waals surface area contributed by atoms with Crippen LogP contribution in [-0.2, 0) is 4.79 Å². The molecule has 0 aliphatic heterocycles. The Balaban J connectivity index is 2.05. The van der Waals surface area contributed by atoms with Crippen molar-refractivity contribution in [3.63, 3.8) is 0 Å². The van der Waals surface area contributed by atoms with Gasteiger partial charge in [0.1, 0.15) is 5.75 Å². The second-order valence-corrected chi connectivity index (χ2v) is 5.62. The molecule has 0 atom stereocenters. The molecule has 5 nitrogen and oxygen atoms in total. The van der Waals surface area contributed by atoms with E-state index in [4.69, 9.17) is 11.6 Å². The van der Waals surface area contributed by atoms with E-state index in [1.165, 1.54) is 18.0 Å². The standard InChI is InChI=1S/C17H17ClN2O3/c1-11-7-8-15(21)12(9-11)17(23)20(2)10-16(22)19-14-6-4-3-5-13(14)18/h3-9,21H,10H2,1-2H3,(H,19,22). The van der Waals surface area contributed by atoms with E-state index in [2.05, 4.69) is 5.32 Å². The number of aryl methyl sites for hydroxylation is 1. The number of anilines is 1. The molecule has 0 bridgehead atoms. The van der Waals surface area contributed by atoms with Gasteiger partial charge in [0.05, 0.1) is 22.8 Å².